The third-order valence-electron chi connectivity index (χ3n) is 4.48. The molecule has 1 aliphatic heterocycles. The van der Waals surface area contributed by atoms with Crippen molar-refractivity contribution in [2.75, 3.05) is 50.0 Å². The molecule has 0 spiro atoms. The molecule has 1 fully saturated rings. The smallest absolute Gasteiger partial charge is 0.175 e. The van der Waals surface area contributed by atoms with Gasteiger partial charge in [-0.1, -0.05) is 35.5 Å². The number of hydrogen-bond acceptors (Lipinski definition) is 8. The van der Waals surface area contributed by atoms with Crippen molar-refractivity contribution in [2.45, 2.75) is 6.92 Å². The van der Waals surface area contributed by atoms with Crippen molar-refractivity contribution in [1.82, 2.24) is 20.0 Å². The summed E-state index contributed by atoms with van der Waals surface area (Å²) in [6.07, 6.45) is 0. The molecule has 2 aromatic heterocycles. The maximum absolute atomic E-state index is 5.40. The van der Waals surface area contributed by atoms with Crippen molar-refractivity contribution in [3.63, 3.8) is 0 Å². The maximum atomic E-state index is 5.40. The Morgan fingerprint density at radius 3 is 2.54 bits per heavy atom. The molecule has 0 saturated carbocycles. The second-order valence-electron chi connectivity index (χ2n) is 6.66. The minimum absolute atomic E-state index is 0.620. The monoisotopic (exact) mass is 380 g/mol. The van der Waals surface area contributed by atoms with E-state index in [9.17, 15) is 0 Å². The highest BCUT2D eigenvalue weighted by Gasteiger charge is 2.11. The van der Waals surface area contributed by atoms with E-state index >= 15 is 0 Å². The van der Waals surface area contributed by atoms with Crippen LogP contribution < -0.4 is 10.6 Å². The lowest BCUT2D eigenvalue weighted by atomic mass is 10.2. The maximum Gasteiger partial charge on any atom is 0.175 e. The zero-order valence-electron chi connectivity index (χ0n) is 15.9. The molecule has 28 heavy (non-hydrogen) atoms. The summed E-state index contributed by atoms with van der Waals surface area (Å²) in [5.41, 5.74) is 0.957. The Morgan fingerprint density at radius 1 is 1.00 bits per heavy atom. The first-order chi connectivity index (χ1) is 13.8. The second kappa shape index (κ2) is 8.81. The molecule has 3 aromatic rings. The quantitative estimate of drug-likeness (QED) is 0.647. The van der Waals surface area contributed by atoms with E-state index in [2.05, 4.69) is 30.7 Å². The van der Waals surface area contributed by atoms with Crippen LogP contribution >= 0.6 is 0 Å². The Balaban J connectivity index is 1.51. The summed E-state index contributed by atoms with van der Waals surface area (Å²) < 4.78 is 10.5. The predicted octanol–water partition coefficient (Wildman–Crippen LogP) is 2.93. The summed E-state index contributed by atoms with van der Waals surface area (Å²) in [5, 5.41) is 10.6. The fourth-order valence-electron chi connectivity index (χ4n) is 3.04. The molecule has 0 bridgehead atoms. The highest BCUT2D eigenvalue weighted by atomic mass is 16.5. The SMILES string of the molecule is Cc1cc(Nc2cc(NCCN3CCOCC3)nc(-c3ccccc3)n2)no1. The Bertz CT molecular complexity index is 893. The third-order valence-corrected chi connectivity index (χ3v) is 4.48. The van der Waals surface area contributed by atoms with Gasteiger partial charge in [-0.05, 0) is 6.92 Å². The Hall–Kier alpha value is -2.97. The van der Waals surface area contributed by atoms with Gasteiger partial charge in [0.05, 0.1) is 13.2 Å². The normalized spacial score (nSPS) is 14.8. The van der Waals surface area contributed by atoms with Crippen molar-refractivity contribution in [1.29, 1.82) is 0 Å². The lowest BCUT2D eigenvalue weighted by Crippen LogP contribution is -2.39. The number of ether oxygens (including phenoxy) is 1. The number of nitrogens with one attached hydrogen (secondary N) is 2. The van der Waals surface area contributed by atoms with Gasteiger partial charge in [-0.3, -0.25) is 4.90 Å². The largest absolute Gasteiger partial charge is 0.379 e. The van der Waals surface area contributed by atoms with Crippen LogP contribution in [0, 0.1) is 6.92 Å². The molecule has 0 radical (unpaired) electrons. The van der Waals surface area contributed by atoms with Gasteiger partial charge in [-0.15, -0.1) is 0 Å². The molecule has 1 saturated heterocycles. The number of anilines is 3. The van der Waals surface area contributed by atoms with E-state index in [1.165, 1.54) is 0 Å². The molecule has 3 heterocycles. The summed E-state index contributed by atoms with van der Waals surface area (Å²) in [6.45, 7) is 7.14. The summed E-state index contributed by atoms with van der Waals surface area (Å²) in [7, 11) is 0. The molecule has 4 rings (SSSR count). The Morgan fingerprint density at radius 2 is 1.79 bits per heavy atom. The molecule has 2 N–H and O–H groups in total. The zero-order valence-corrected chi connectivity index (χ0v) is 15.9. The van der Waals surface area contributed by atoms with Crippen LogP contribution in [0.25, 0.3) is 11.4 Å². The van der Waals surface area contributed by atoms with Gasteiger partial charge in [0.15, 0.2) is 11.6 Å². The number of morpholine rings is 1. The molecule has 1 aromatic carbocycles. The van der Waals surface area contributed by atoms with Crippen LogP contribution in [0.2, 0.25) is 0 Å². The van der Waals surface area contributed by atoms with Crippen LogP contribution in [0.15, 0.2) is 47.0 Å². The van der Waals surface area contributed by atoms with Gasteiger partial charge in [0.25, 0.3) is 0 Å². The fourth-order valence-corrected chi connectivity index (χ4v) is 3.04. The molecule has 8 heteroatoms. The fraction of sp³-hybridized carbons (Fsp3) is 0.350. The van der Waals surface area contributed by atoms with Gasteiger partial charge in [-0.25, -0.2) is 9.97 Å². The molecule has 0 aliphatic carbocycles. The van der Waals surface area contributed by atoms with Crippen molar-refractivity contribution in [3.05, 3.63) is 48.2 Å². The number of nitrogens with zero attached hydrogens (tertiary/aromatic N) is 4. The first-order valence-electron chi connectivity index (χ1n) is 9.45. The summed E-state index contributed by atoms with van der Waals surface area (Å²) in [4.78, 5) is 11.7. The standard InChI is InChI=1S/C20H24N6O2/c1-15-13-19(25-28-15)22-18-14-17(21-7-8-26-9-11-27-12-10-26)23-20(24-18)16-5-3-2-4-6-16/h2-6,13-14H,7-12H2,1H3,(H2,21,22,23,24,25). The van der Waals surface area contributed by atoms with Gasteiger partial charge < -0.3 is 19.9 Å². The molecule has 1 aliphatic rings. The molecule has 146 valence electrons. The van der Waals surface area contributed by atoms with Crippen molar-refractivity contribution in [2.24, 2.45) is 0 Å². The van der Waals surface area contributed by atoms with Crippen LogP contribution in [-0.2, 0) is 4.74 Å². The van der Waals surface area contributed by atoms with Gasteiger partial charge in [0, 0.05) is 43.9 Å². The predicted molar refractivity (Wildman–Crippen MR) is 108 cm³/mol. The summed E-state index contributed by atoms with van der Waals surface area (Å²) >= 11 is 0. The Labute approximate surface area is 163 Å². The molecule has 0 atom stereocenters. The lowest BCUT2D eigenvalue weighted by molar-refractivity contribution is 0.0398. The van der Waals surface area contributed by atoms with Crippen molar-refractivity contribution in [3.8, 4) is 11.4 Å². The summed E-state index contributed by atoms with van der Waals surface area (Å²) in [5.74, 6) is 3.44. The third kappa shape index (κ3) is 4.85. The average molecular weight is 380 g/mol. The average Bonchev–Trinajstić information content (AvgIpc) is 3.14. The Kier molecular flexibility index (Phi) is 5.79. The van der Waals surface area contributed by atoms with E-state index in [4.69, 9.17) is 9.26 Å². The van der Waals surface area contributed by atoms with Gasteiger partial charge in [0.1, 0.15) is 17.4 Å². The highest BCUT2D eigenvalue weighted by molar-refractivity contribution is 5.63. The van der Waals surface area contributed by atoms with Gasteiger partial charge in [0.2, 0.25) is 0 Å². The molecule has 0 amide bonds. The molecule has 8 nitrogen and oxygen atoms in total. The lowest BCUT2D eigenvalue weighted by Gasteiger charge is -2.26. The molecular weight excluding hydrogens is 356 g/mol. The zero-order chi connectivity index (χ0) is 19.2. The van der Waals surface area contributed by atoms with Crippen molar-refractivity contribution < 1.29 is 9.26 Å². The van der Waals surface area contributed by atoms with E-state index in [1.807, 2.05) is 49.4 Å². The molecule has 0 unspecified atom stereocenters. The highest BCUT2D eigenvalue weighted by Crippen LogP contribution is 2.22. The van der Waals surface area contributed by atoms with Crippen LogP contribution in [-0.4, -0.2) is 59.4 Å². The first-order valence-corrected chi connectivity index (χ1v) is 9.45. The van der Waals surface area contributed by atoms with Crippen LogP contribution in [0.1, 0.15) is 5.76 Å². The van der Waals surface area contributed by atoms with Crippen LogP contribution in [0.4, 0.5) is 17.5 Å². The first kappa shape index (κ1) is 18.4. The van der Waals surface area contributed by atoms with Crippen LogP contribution in [0.5, 0.6) is 0 Å². The van der Waals surface area contributed by atoms with Crippen molar-refractivity contribution >= 4 is 17.5 Å². The minimum atomic E-state index is 0.620. The number of aromatic nitrogens is 3. The van der Waals surface area contributed by atoms with E-state index in [0.29, 0.717) is 17.5 Å². The summed E-state index contributed by atoms with van der Waals surface area (Å²) in [6, 6.07) is 13.6. The number of aryl methyl sites for hydroxylation is 1. The topological polar surface area (TPSA) is 88.3 Å². The molecular formula is C20H24N6O2. The van der Waals surface area contributed by atoms with E-state index in [0.717, 1.165) is 56.5 Å². The van der Waals surface area contributed by atoms with Crippen LogP contribution in [0.3, 0.4) is 0 Å². The number of rotatable bonds is 7. The number of benzene rings is 1. The second-order valence-corrected chi connectivity index (χ2v) is 6.66. The van der Waals surface area contributed by atoms with E-state index < -0.39 is 0 Å². The van der Waals surface area contributed by atoms with E-state index in [1.54, 1.807) is 0 Å². The number of hydrogen-bond donors (Lipinski definition) is 2. The van der Waals surface area contributed by atoms with Gasteiger partial charge in [-0.2, -0.15) is 0 Å². The van der Waals surface area contributed by atoms with E-state index in [-0.39, 0.29) is 0 Å². The van der Waals surface area contributed by atoms with Gasteiger partial charge >= 0.3 is 0 Å². The minimum Gasteiger partial charge on any atom is -0.379 e.